The zero-order valence-corrected chi connectivity index (χ0v) is 11.2. The summed E-state index contributed by atoms with van der Waals surface area (Å²) in [7, 11) is 0. The number of hydrogen-bond acceptors (Lipinski definition) is 6. The van der Waals surface area contributed by atoms with E-state index < -0.39 is 0 Å². The lowest BCUT2D eigenvalue weighted by molar-refractivity contribution is 0.583. The van der Waals surface area contributed by atoms with Gasteiger partial charge in [-0.1, -0.05) is 11.8 Å². The Morgan fingerprint density at radius 3 is 3.21 bits per heavy atom. The summed E-state index contributed by atoms with van der Waals surface area (Å²) in [5.41, 5.74) is 0.536. The average molecular weight is 289 g/mol. The number of aromatic nitrogens is 2. The Morgan fingerprint density at radius 1 is 1.58 bits per heavy atom. The first-order chi connectivity index (χ1) is 9.29. The Morgan fingerprint density at radius 2 is 2.47 bits per heavy atom. The molecule has 3 heterocycles. The van der Waals surface area contributed by atoms with Crippen LogP contribution in [-0.4, -0.2) is 15.7 Å². The SMILES string of the molecule is N#CCSc1nc2scc(-c3ccco3)c2c(=O)[nH]1. The highest BCUT2D eigenvalue weighted by atomic mass is 32.2. The minimum absolute atomic E-state index is 0.210. The fraction of sp³-hybridized carbons (Fsp3) is 0.0833. The summed E-state index contributed by atoms with van der Waals surface area (Å²) < 4.78 is 5.31. The first kappa shape index (κ1) is 12.0. The summed E-state index contributed by atoms with van der Waals surface area (Å²) in [6.07, 6.45) is 1.57. The second-order valence-corrected chi connectivity index (χ2v) is 5.45. The van der Waals surface area contributed by atoms with Crippen LogP contribution in [0.5, 0.6) is 0 Å². The Kier molecular flexibility index (Phi) is 3.11. The van der Waals surface area contributed by atoms with E-state index in [2.05, 4.69) is 9.97 Å². The quantitative estimate of drug-likeness (QED) is 0.592. The van der Waals surface area contributed by atoms with Gasteiger partial charge in [0.05, 0.1) is 23.5 Å². The van der Waals surface area contributed by atoms with Gasteiger partial charge in [-0.25, -0.2) is 4.98 Å². The minimum atomic E-state index is -0.210. The molecule has 0 aromatic carbocycles. The van der Waals surface area contributed by atoms with E-state index in [0.717, 1.165) is 5.56 Å². The molecule has 7 heteroatoms. The summed E-state index contributed by atoms with van der Waals surface area (Å²) in [6.45, 7) is 0. The van der Waals surface area contributed by atoms with Gasteiger partial charge in [-0.15, -0.1) is 11.3 Å². The number of thioether (sulfide) groups is 1. The van der Waals surface area contributed by atoms with Gasteiger partial charge in [0.2, 0.25) is 0 Å². The first-order valence-electron chi connectivity index (χ1n) is 5.34. The fourth-order valence-electron chi connectivity index (χ4n) is 1.71. The second-order valence-electron chi connectivity index (χ2n) is 3.62. The fourth-order valence-corrected chi connectivity index (χ4v) is 3.22. The summed E-state index contributed by atoms with van der Waals surface area (Å²) in [6, 6.07) is 5.58. The molecule has 0 atom stereocenters. The number of aromatic amines is 1. The van der Waals surface area contributed by atoms with Crippen molar-refractivity contribution in [2.24, 2.45) is 0 Å². The van der Waals surface area contributed by atoms with Crippen molar-refractivity contribution in [3.8, 4) is 17.4 Å². The third kappa shape index (κ3) is 2.16. The van der Waals surface area contributed by atoms with Crippen LogP contribution in [0.4, 0.5) is 0 Å². The van der Waals surface area contributed by atoms with E-state index in [-0.39, 0.29) is 11.3 Å². The molecule has 0 aliphatic rings. The molecule has 3 aromatic rings. The first-order valence-corrected chi connectivity index (χ1v) is 7.21. The monoisotopic (exact) mass is 289 g/mol. The molecular weight excluding hydrogens is 282 g/mol. The van der Waals surface area contributed by atoms with E-state index in [1.54, 1.807) is 18.4 Å². The second kappa shape index (κ2) is 4.91. The lowest BCUT2D eigenvalue weighted by Crippen LogP contribution is -2.08. The maximum Gasteiger partial charge on any atom is 0.261 e. The molecule has 0 fully saturated rings. The smallest absolute Gasteiger partial charge is 0.261 e. The number of fused-ring (bicyclic) bond motifs is 1. The Labute approximate surface area is 115 Å². The lowest BCUT2D eigenvalue weighted by Gasteiger charge is -1.97. The molecule has 3 rings (SSSR count). The summed E-state index contributed by atoms with van der Waals surface area (Å²) >= 11 is 2.60. The molecule has 19 heavy (non-hydrogen) atoms. The van der Waals surface area contributed by atoms with Crippen molar-refractivity contribution in [3.63, 3.8) is 0 Å². The van der Waals surface area contributed by atoms with Crippen LogP contribution in [0.25, 0.3) is 21.5 Å². The molecule has 5 nitrogen and oxygen atoms in total. The van der Waals surface area contributed by atoms with Gasteiger partial charge in [-0.05, 0) is 12.1 Å². The van der Waals surface area contributed by atoms with Gasteiger partial charge >= 0.3 is 0 Å². The molecule has 94 valence electrons. The summed E-state index contributed by atoms with van der Waals surface area (Å²) in [5.74, 6) is 0.904. The van der Waals surface area contributed by atoms with Crippen molar-refractivity contribution in [2.75, 3.05) is 5.75 Å². The number of nitrogens with zero attached hydrogens (tertiary/aromatic N) is 2. The predicted octanol–water partition coefficient (Wildman–Crippen LogP) is 2.86. The molecule has 3 aromatic heterocycles. The van der Waals surface area contributed by atoms with Crippen LogP contribution >= 0.6 is 23.1 Å². The molecule has 0 saturated carbocycles. The van der Waals surface area contributed by atoms with E-state index in [9.17, 15) is 4.79 Å². The van der Waals surface area contributed by atoms with Gasteiger partial charge in [-0.3, -0.25) is 4.79 Å². The predicted molar refractivity (Wildman–Crippen MR) is 74.3 cm³/mol. The van der Waals surface area contributed by atoms with Crippen molar-refractivity contribution in [1.29, 1.82) is 5.26 Å². The maximum atomic E-state index is 12.1. The van der Waals surface area contributed by atoms with Crippen LogP contribution in [-0.2, 0) is 0 Å². The number of hydrogen-bond donors (Lipinski definition) is 1. The summed E-state index contributed by atoms with van der Waals surface area (Å²) in [4.78, 5) is 19.8. The van der Waals surface area contributed by atoms with Gasteiger partial charge in [0.1, 0.15) is 10.6 Å². The number of thiophene rings is 1. The van der Waals surface area contributed by atoms with Crippen LogP contribution in [0.3, 0.4) is 0 Å². The molecule has 0 spiro atoms. The Balaban J connectivity index is 2.15. The molecule has 0 saturated heterocycles. The molecule has 0 radical (unpaired) electrons. The Bertz CT molecular complexity index is 812. The zero-order valence-electron chi connectivity index (χ0n) is 9.54. The van der Waals surface area contributed by atoms with Crippen molar-refractivity contribution in [1.82, 2.24) is 9.97 Å². The number of H-pyrrole nitrogens is 1. The molecule has 0 aliphatic carbocycles. The van der Waals surface area contributed by atoms with E-state index in [4.69, 9.17) is 9.68 Å². The van der Waals surface area contributed by atoms with Crippen LogP contribution in [0.2, 0.25) is 0 Å². The molecule has 1 N–H and O–H groups in total. The number of nitrogens with one attached hydrogen (secondary N) is 1. The molecule has 0 bridgehead atoms. The standard InChI is InChI=1S/C12H7N3O2S2/c13-3-5-18-12-14-10(16)9-7(6-19-11(9)15-12)8-2-1-4-17-8/h1-2,4,6H,5H2,(H,14,15,16). The Hall–Kier alpha value is -2.04. The molecular formula is C12H7N3O2S2. The van der Waals surface area contributed by atoms with Gasteiger partial charge in [-0.2, -0.15) is 5.26 Å². The molecule has 0 unspecified atom stereocenters. The van der Waals surface area contributed by atoms with Gasteiger partial charge in [0.15, 0.2) is 5.16 Å². The number of rotatable bonds is 3. The third-order valence-corrected chi connectivity index (χ3v) is 4.09. The van der Waals surface area contributed by atoms with Crippen molar-refractivity contribution in [3.05, 3.63) is 34.1 Å². The highest BCUT2D eigenvalue weighted by Gasteiger charge is 2.14. The van der Waals surface area contributed by atoms with E-state index >= 15 is 0 Å². The zero-order chi connectivity index (χ0) is 13.2. The molecule has 0 aliphatic heterocycles. The number of furan rings is 1. The highest BCUT2D eigenvalue weighted by Crippen LogP contribution is 2.31. The molecule has 0 amide bonds. The van der Waals surface area contributed by atoms with E-state index in [0.29, 0.717) is 21.1 Å². The van der Waals surface area contributed by atoms with E-state index in [1.807, 2.05) is 11.4 Å². The average Bonchev–Trinajstić information content (AvgIpc) is 3.04. The highest BCUT2D eigenvalue weighted by molar-refractivity contribution is 7.99. The van der Waals surface area contributed by atoms with Crippen molar-refractivity contribution in [2.45, 2.75) is 5.16 Å². The third-order valence-electron chi connectivity index (χ3n) is 2.48. The van der Waals surface area contributed by atoms with Gasteiger partial charge in [0, 0.05) is 10.9 Å². The van der Waals surface area contributed by atoms with Crippen LogP contribution < -0.4 is 5.56 Å². The van der Waals surface area contributed by atoms with Crippen molar-refractivity contribution < 1.29 is 4.42 Å². The lowest BCUT2D eigenvalue weighted by atomic mass is 10.2. The van der Waals surface area contributed by atoms with Crippen LogP contribution in [0, 0.1) is 11.3 Å². The van der Waals surface area contributed by atoms with E-state index in [1.165, 1.54) is 23.1 Å². The maximum absolute atomic E-state index is 12.1. The largest absolute Gasteiger partial charge is 0.464 e. The number of nitriles is 1. The topological polar surface area (TPSA) is 82.7 Å². The van der Waals surface area contributed by atoms with Crippen LogP contribution in [0.1, 0.15) is 0 Å². The van der Waals surface area contributed by atoms with Gasteiger partial charge < -0.3 is 9.40 Å². The van der Waals surface area contributed by atoms with Gasteiger partial charge in [0.25, 0.3) is 5.56 Å². The normalized spacial score (nSPS) is 10.7. The minimum Gasteiger partial charge on any atom is -0.464 e. The summed E-state index contributed by atoms with van der Waals surface area (Å²) in [5, 5.41) is 11.4. The van der Waals surface area contributed by atoms with Crippen molar-refractivity contribution >= 4 is 33.3 Å². The van der Waals surface area contributed by atoms with Crippen LogP contribution in [0.15, 0.2) is 38.1 Å².